The second-order valence-electron chi connectivity index (χ2n) is 6.06. The molecule has 2 aromatic rings. The molecule has 0 spiro atoms. The van der Waals surface area contributed by atoms with Gasteiger partial charge in [-0.2, -0.15) is 0 Å². The molecule has 3 rings (SSSR count). The van der Waals surface area contributed by atoms with Crippen molar-refractivity contribution in [3.05, 3.63) is 29.9 Å². The molecule has 1 aliphatic rings. The molecule has 26 heavy (non-hydrogen) atoms. The van der Waals surface area contributed by atoms with Crippen molar-refractivity contribution < 1.29 is 14.4 Å². The SMILES string of the molecule is CN(CC(=O)Nc1nc(-c2cccnc2)cs1)C(=O)C1CCC(=O)NC1. The summed E-state index contributed by atoms with van der Waals surface area (Å²) in [4.78, 5) is 45.5. The first kappa shape index (κ1) is 18.0. The Bertz CT molecular complexity index is 798. The lowest BCUT2D eigenvalue weighted by Crippen LogP contribution is -2.45. The van der Waals surface area contributed by atoms with E-state index < -0.39 is 0 Å². The fourth-order valence-electron chi connectivity index (χ4n) is 2.69. The van der Waals surface area contributed by atoms with Gasteiger partial charge in [0, 0.05) is 43.4 Å². The number of hydrogen-bond acceptors (Lipinski definition) is 6. The van der Waals surface area contributed by atoms with E-state index in [0.717, 1.165) is 11.3 Å². The van der Waals surface area contributed by atoms with Crippen molar-refractivity contribution in [1.82, 2.24) is 20.2 Å². The zero-order chi connectivity index (χ0) is 18.5. The lowest BCUT2D eigenvalue weighted by atomic mass is 9.98. The molecule has 136 valence electrons. The molecule has 8 nitrogen and oxygen atoms in total. The first-order chi connectivity index (χ1) is 12.5. The van der Waals surface area contributed by atoms with E-state index in [1.165, 1.54) is 16.2 Å². The van der Waals surface area contributed by atoms with E-state index in [1.54, 1.807) is 19.4 Å². The molecule has 0 radical (unpaired) electrons. The Morgan fingerprint density at radius 3 is 3.00 bits per heavy atom. The van der Waals surface area contributed by atoms with Crippen LogP contribution in [-0.4, -0.2) is 52.7 Å². The maximum absolute atomic E-state index is 12.4. The fourth-order valence-corrected chi connectivity index (χ4v) is 3.42. The largest absolute Gasteiger partial charge is 0.355 e. The van der Waals surface area contributed by atoms with Gasteiger partial charge in [-0.05, 0) is 18.6 Å². The average Bonchev–Trinajstić information content (AvgIpc) is 3.10. The van der Waals surface area contributed by atoms with Gasteiger partial charge in [-0.15, -0.1) is 11.3 Å². The van der Waals surface area contributed by atoms with Gasteiger partial charge in [0.1, 0.15) is 0 Å². The van der Waals surface area contributed by atoms with Crippen LogP contribution in [0.2, 0.25) is 0 Å². The summed E-state index contributed by atoms with van der Waals surface area (Å²) in [6.07, 6.45) is 4.24. The Morgan fingerprint density at radius 1 is 1.46 bits per heavy atom. The van der Waals surface area contributed by atoms with Gasteiger partial charge in [-0.1, -0.05) is 0 Å². The van der Waals surface area contributed by atoms with Crippen LogP contribution in [-0.2, 0) is 14.4 Å². The molecule has 1 saturated heterocycles. The Kier molecular flexibility index (Phi) is 5.57. The van der Waals surface area contributed by atoms with Gasteiger partial charge in [-0.3, -0.25) is 19.4 Å². The van der Waals surface area contributed by atoms with E-state index in [1.807, 2.05) is 17.5 Å². The van der Waals surface area contributed by atoms with Crippen molar-refractivity contribution in [2.75, 3.05) is 25.5 Å². The lowest BCUT2D eigenvalue weighted by molar-refractivity contribution is -0.138. The van der Waals surface area contributed by atoms with Crippen molar-refractivity contribution in [2.45, 2.75) is 12.8 Å². The number of thiazole rings is 1. The Balaban J connectivity index is 1.53. The lowest BCUT2D eigenvalue weighted by Gasteiger charge is -2.26. The van der Waals surface area contributed by atoms with Crippen LogP contribution in [0.25, 0.3) is 11.3 Å². The number of piperidine rings is 1. The monoisotopic (exact) mass is 373 g/mol. The molecule has 1 aliphatic heterocycles. The number of rotatable bonds is 5. The number of nitrogens with one attached hydrogen (secondary N) is 2. The minimum Gasteiger partial charge on any atom is -0.355 e. The van der Waals surface area contributed by atoms with E-state index in [-0.39, 0.29) is 30.2 Å². The molecule has 0 aliphatic carbocycles. The van der Waals surface area contributed by atoms with Gasteiger partial charge >= 0.3 is 0 Å². The minimum atomic E-state index is -0.312. The highest BCUT2D eigenvalue weighted by Crippen LogP contribution is 2.24. The Labute approximate surface area is 154 Å². The van der Waals surface area contributed by atoms with Crippen LogP contribution in [0.15, 0.2) is 29.9 Å². The molecule has 2 N–H and O–H groups in total. The normalized spacial score (nSPS) is 16.7. The smallest absolute Gasteiger partial charge is 0.245 e. The quantitative estimate of drug-likeness (QED) is 0.817. The van der Waals surface area contributed by atoms with Crippen molar-refractivity contribution in [2.24, 2.45) is 5.92 Å². The average molecular weight is 373 g/mol. The standard InChI is InChI=1S/C17H19N5O3S/c1-22(16(25)12-4-5-14(23)19-8-12)9-15(24)21-17-20-13(10-26-17)11-3-2-6-18-7-11/h2-3,6-7,10,12H,4-5,8-9H2,1H3,(H,19,23)(H,20,21,24). The van der Waals surface area contributed by atoms with Crippen LogP contribution >= 0.6 is 11.3 Å². The van der Waals surface area contributed by atoms with E-state index in [2.05, 4.69) is 20.6 Å². The van der Waals surface area contributed by atoms with Gasteiger partial charge in [0.25, 0.3) is 0 Å². The molecule has 2 aromatic heterocycles. The summed E-state index contributed by atoms with van der Waals surface area (Å²) in [6, 6.07) is 3.71. The van der Waals surface area contributed by atoms with Gasteiger partial charge in [-0.25, -0.2) is 4.98 Å². The maximum atomic E-state index is 12.4. The summed E-state index contributed by atoms with van der Waals surface area (Å²) in [5.74, 6) is -0.770. The second kappa shape index (κ2) is 8.05. The number of pyridine rings is 1. The third-order valence-corrected chi connectivity index (χ3v) is 4.84. The van der Waals surface area contributed by atoms with Crippen molar-refractivity contribution in [3.63, 3.8) is 0 Å². The zero-order valence-electron chi connectivity index (χ0n) is 14.3. The molecule has 9 heteroatoms. The highest BCUT2D eigenvalue weighted by molar-refractivity contribution is 7.14. The van der Waals surface area contributed by atoms with Crippen molar-refractivity contribution in [3.8, 4) is 11.3 Å². The summed E-state index contributed by atoms with van der Waals surface area (Å²) in [7, 11) is 1.58. The molecule has 3 amide bonds. The number of carbonyl (C=O) groups is 3. The molecule has 3 heterocycles. The summed E-state index contributed by atoms with van der Waals surface area (Å²) >= 11 is 1.31. The highest BCUT2D eigenvalue weighted by atomic mass is 32.1. The van der Waals surface area contributed by atoms with E-state index in [4.69, 9.17) is 0 Å². The number of anilines is 1. The van der Waals surface area contributed by atoms with E-state index >= 15 is 0 Å². The predicted octanol–water partition coefficient (Wildman–Crippen LogP) is 1.13. The first-order valence-corrected chi connectivity index (χ1v) is 9.08. The number of aromatic nitrogens is 2. The number of likely N-dealkylation sites (N-methyl/N-ethyl adjacent to an activating group) is 1. The molecule has 1 atom stereocenters. The van der Waals surface area contributed by atoms with E-state index in [9.17, 15) is 14.4 Å². The molecule has 0 saturated carbocycles. The van der Waals surface area contributed by atoms with E-state index in [0.29, 0.717) is 24.5 Å². The van der Waals surface area contributed by atoms with Gasteiger partial charge < -0.3 is 15.5 Å². The van der Waals surface area contributed by atoms with Crippen LogP contribution in [0.4, 0.5) is 5.13 Å². The van der Waals surface area contributed by atoms with Crippen LogP contribution in [0, 0.1) is 5.92 Å². The number of nitrogens with zero attached hydrogens (tertiary/aromatic N) is 3. The molecular weight excluding hydrogens is 354 g/mol. The van der Waals surface area contributed by atoms with Crippen molar-refractivity contribution >= 4 is 34.2 Å². The first-order valence-electron chi connectivity index (χ1n) is 8.20. The predicted molar refractivity (Wildman–Crippen MR) is 97.3 cm³/mol. The summed E-state index contributed by atoms with van der Waals surface area (Å²) < 4.78 is 0. The summed E-state index contributed by atoms with van der Waals surface area (Å²) in [5.41, 5.74) is 1.61. The molecular formula is C17H19N5O3S. The highest BCUT2D eigenvalue weighted by Gasteiger charge is 2.27. The summed E-state index contributed by atoms with van der Waals surface area (Å²) in [5, 5.41) is 7.70. The van der Waals surface area contributed by atoms with Gasteiger partial charge in [0.15, 0.2) is 5.13 Å². The minimum absolute atomic E-state index is 0.0392. The molecule has 1 fully saturated rings. The Hall–Kier alpha value is -2.81. The Morgan fingerprint density at radius 2 is 2.31 bits per heavy atom. The molecule has 0 bridgehead atoms. The fraction of sp³-hybridized carbons (Fsp3) is 0.353. The maximum Gasteiger partial charge on any atom is 0.245 e. The van der Waals surface area contributed by atoms with Crippen LogP contribution < -0.4 is 10.6 Å². The molecule has 0 aromatic carbocycles. The zero-order valence-corrected chi connectivity index (χ0v) is 15.1. The van der Waals surface area contributed by atoms with Gasteiger partial charge in [0.05, 0.1) is 18.2 Å². The number of carbonyl (C=O) groups excluding carboxylic acids is 3. The molecule has 1 unspecified atom stereocenters. The third-order valence-electron chi connectivity index (χ3n) is 4.08. The van der Waals surface area contributed by atoms with Crippen LogP contribution in [0.5, 0.6) is 0 Å². The van der Waals surface area contributed by atoms with Crippen molar-refractivity contribution in [1.29, 1.82) is 0 Å². The topological polar surface area (TPSA) is 104 Å². The number of amides is 3. The second-order valence-corrected chi connectivity index (χ2v) is 6.92. The summed E-state index contributed by atoms with van der Waals surface area (Å²) in [6.45, 7) is 0.260. The third kappa shape index (κ3) is 4.42. The van der Waals surface area contributed by atoms with Crippen LogP contribution in [0.1, 0.15) is 12.8 Å². The van der Waals surface area contributed by atoms with Crippen LogP contribution in [0.3, 0.4) is 0 Å². The number of hydrogen-bond donors (Lipinski definition) is 2. The van der Waals surface area contributed by atoms with Gasteiger partial charge in [0.2, 0.25) is 17.7 Å².